The minimum Gasteiger partial charge on any atom is -0.361 e. The van der Waals surface area contributed by atoms with E-state index in [1.54, 1.807) is 0 Å². The maximum atomic E-state index is 13.8. The van der Waals surface area contributed by atoms with Crippen molar-refractivity contribution in [3.05, 3.63) is 108 Å². The third-order valence-electron chi connectivity index (χ3n) is 7.06. The lowest BCUT2D eigenvalue weighted by Gasteiger charge is -2.39. The number of H-pyrrole nitrogens is 1. The van der Waals surface area contributed by atoms with Gasteiger partial charge in [0.15, 0.2) is 0 Å². The quantitative estimate of drug-likeness (QED) is 0.408. The van der Waals surface area contributed by atoms with E-state index in [0.29, 0.717) is 12.6 Å². The van der Waals surface area contributed by atoms with E-state index in [9.17, 15) is 4.79 Å². The molecule has 35 heavy (non-hydrogen) atoms. The molecule has 1 aromatic heterocycles. The molecule has 0 aliphatic carbocycles. The van der Waals surface area contributed by atoms with Gasteiger partial charge in [-0.3, -0.25) is 9.69 Å². The van der Waals surface area contributed by atoms with E-state index in [0.717, 1.165) is 38.0 Å². The van der Waals surface area contributed by atoms with Crippen molar-refractivity contribution in [3.63, 3.8) is 0 Å². The summed E-state index contributed by atoms with van der Waals surface area (Å²) in [7, 11) is 1.93. The van der Waals surface area contributed by atoms with Crippen molar-refractivity contribution in [3.8, 4) is 0 Å². The first-order chi connectivity index (χ1) is 17.2. The lowest BCUT2D eigenvalue weighted by Crippen LogP contribution is -2.58. The van der Waals surface area contributed by atoms with E-state index in [2.05, 4.69) is 82.1 Å². The number of piperazine rings is 1. The molecule has 180 valence electrons. The van der Waals surface area contributed by atoms with Crippen molar-refractivity contribution in [2.24, 2.45) is 0 Å². The molecule has 1 amide bonds. The molecule has 0 bridgehead atoms. The Morgan fingerprint density at radius 3 is 2.43 bits per heavy atom. The van der Waals surface area contributed by atoms with E-state index in [1.165, 1.54) is 22.0 Å². The third-order valence-corrected chi connectivity index (χ3v) is 7.06. The number of benzene rings is 3. The zero-order chi connectivity index (χ0) is 24.0. The number of rotatable bonds is 8. The molecule has 1 aliphatic rings. The van der Waals surface area contributed by atoms with Crippen LogP contribution in [0.2, 0.25) is 0 Å². The number of aromatic amines is 1. The summed E-state index contributed by atoms with van der Waals surface area (Å²) < 4.78 is 0. The van der Waals surface area contributed by atoms with Crippen molar-refractivity contribution in [2.45, 2.75) is 31.5 Å². The van der Waals surface area contributed by atoms with Gasteiger partial charge >= 0.3 is 0 Å². The number of nitrogens with zero attached hydrogens (tertiary/aromatic N) is 2. The fourth-order valence-electron chi connectivity index (χ4n) is 5.24. The standard InChI is InChI=1S/C30H34N4O/c1-33(21-24-12-6-3-7-13-24)30(35)29(18-23-10-4-2-5-11-23)34-17-16-31-26(22-34)19-25-20-32-28-15-9-8-14-27(25)28/h2-15,20,26,29,31-32H,16-19,21-22H2,1H3/t26?,29-/m1/s1. The predicted octanol–water partition coefficient (Wildman–Crippen LogP) is 4.25. The Morgan fingerprint density at radius 1 is 0.971 bits per heavy atom. The van der Waals surface area contributed by atoms with E-state index in [4.69, 9.17) is 0 Å². The van der Waals surface area contributed by atoms with Crippen LogP contribution in [-0.2, 0) is 24.2 Å². The maximum Gasteiger partial charge on any atom is 0.240 e. The van der Waals surface area contributed by atoms with Crippen molar-refractivity contribution >= 4 is 16.8 Å². The summed E-state index contributed by atoms with van der Waals surface area (Å²) in [4.78, 5) is 21.5. The monoisotopic (exact) mass is 466 g/mol. The topological polar surface area (TPSA) is 51.4 Å². The van der Waals surface area contributed by atoms with Gasteiger partial charge in [-0.2, -0.15) is 0 Å². The number of para-hydroxylation sites is 1. The smallest absolute Gasteiger partial charge is 0.240 e. The summed E-state index contributed by atoms with van der Waals surface area (Å²) in [6.45, 7) is 3.22. The van der Waals surface area contributed by atoms with Crippen LogP contribution in [0.4, 0.5) is 0 Å². The average Bonchev–Trinajstić information content (AvgIpc) is 3.31. The summed E-state index contributed by atoms with van der Waals surface area (Å²) in [5, 5.41) is 4.98. The number of hydrogen-bond donors (Lipinski definition) is 2. The van der Waals surface area contributed by atoms with Gasteiger partial charge in [-0.25, -0.2) is 0 Å². The number of hydrogen-bond acceptors (Lipinski definition) is 3. The lowest BCUT2D eigenvalue weighted by molar-refractivity contribution is -0.136. The van der Waals surface area contributed by atoms with Crippen molar-refractivity contribution in [1.29, 1.82) is 0 Å². The summed E-state index contributed by atoms with van der Waals surface area (Å²) in [6, 6.07) is 29.2. The first kappa shape index (κ1) is 23.3. The zero-order valence-electron chi connectivity index (χ0n) is 20.4. The normalized spacial score (nSPS) is 17.3. The highest BCUT2D eigenvalue weighted by atomic mass is 16.2. The van der Waals surface area contributed by atoms with Gasteiger partial charge in [-0.1, -0.05) is 78.9 Å². The highest BCUT2D eigenvalue weighted by Gasteiger charge is 2.32. The van der Waals surface area contributed by atoms with E-state index < -0.39 is 0 Å². The molecule has 5 nitrogen and oxygen atoms in total. The maximum absolute atomic E-state index is 13.8. The van der Waals surface area contributed by atoms with Crippen LogP contribution < -0.4 is 5.32 Å². The minimum atomic E-state index is -0.182. The van der Waals surface area contributed by atoms with Crippen molar-refractivity contribution in [1.82, 2.24) is 20.1 Å². The summed E-state index contributed by atoms with van der Waals surface area (Å²) in [5.74, 6) is 0.186. The van der Waals surface area contributed by atoms with Crippen LogP contribution in [0.25, 0.3) is 10.9 Å². The Kier molecular flexibility index (Phi) is 7.26. The lowest BCUT2D eigenvalue weighted by atomic mass is 9.99. The number of fused-ring (bicyclic) bond motifs is 1. The zero-order valence-corrected chi connectivity index (χ0v) is 20.4. The van der Waals surface area contributed by atoms with Gasteiger partial charge in [0.25, 0.3) is 0 Å². The Balaban J connectivity index is 1.33. The number of nitrogens with one attached hydrogen (secondary N) is 2. The van der Waals surface area contributed by atoms with E-state index in [-0.39, 0.29) is 11.9 Å². The molecule has 3 aromatic carbocycles. The summed E-state index contributed by atoms with van der Waals surface area (Å²) in [6.07, 6.45) is 3.79. The predicted molar refractivity (Wildman–Crippen MR) is 142 cm³/mol. The fraction of sp³-hybridized carbons (Fsp3) is 0.300. The van der Waals surface area contributed by atoms with Crippen molar-refractivity contribution in [2.75, 3.05) is 26.7 Å². The molecule has 2 atom stereocenters. The molecule has 2 N–H and O–H groups in total. The second-order valence-electron chi connectivity index (χ2n) is 9.60. The summed E-state index contributed by atoms with van der Waals surface area (Å²) in [5.41, 5.74) is 4.85. The highest BCUT2D eigenvalue weighted by Crippen LogP contribution is 2.21. The molecule has 5 rings (SSSR count). The van der Waals surface area contributed by atoms with Crippen LogP contribution >= 0.6 is 0 Å². The molecule has 2 heterocycles. The van der Waals surface area contributed by atoms with Crippen LogP contribution in [0, 0.1) is 0 Å². The molecule has 1 unspecified atom stereocenters. The van der Waals surface area contributed by atoms with Gasteiger partial charge in [0.05, 0.1) is 6.04 Å². The van der Waals surface area contributed by atoms with Gasteiger partial charge < -0.3 is 15.2 Å². The first-order valence-electron chi connectivity index (χ1n) is 12.5. The molecule has 0 saturated carbocycles. The number of amides is 1. The second kappa shape index (κ2) is 10.9. The fourth-order valence-corrected chi connectivity index (χ4v) is 5.24. The van der Waals surface area contributed by atoms with Crippen LogP contribution in [0.1, 0.15) is 16.7 Å². The Labute approximate surface area is 207 Å². The third kappa shape index (κ3) is 5.64. The van der Waals surface area contributed by atoms with Gasteiger partial charge in [-0.05, 0) is 35.6 Å². The van der Waals surface area contributed by atoms with Crippen LogP contribution in [-0.4, -0.2) is 59.5 Å². The molecule has 1 fully saturated rings. The van der Waals surface area contributed by atoms with Gasteiger partial charge in [0.2, 0.25) is 5.91 Å². The van der Waals surface area contributed by atoms with Gasteiger partial charge in [-0.15, -0.1) is 0 Å². The Hall–Kier alpha value is -3.41. The van der Waals surface area contributed by atoms with Crippen LogP contribution in [0.3, 0.4) is 0 Å². The number of aromatic nitrogens is 1. The molecule has 0 spiro atoms. The van der Waals surface area contributed by atoms with Crippen LogP contribution in [0.15, 0.2) is 91.1 Å². The van der Waals surface area contributed by atoms with E-state index in [1.807, 2.05) is 36.2 Å². The van der Waals surface area contributed by atoms with Crippen molar-refractivity contribution < 1.29 is 4.79 Å². The Bertz CT molecular complexity index is 1240. The number of carbonyl (C=O) groups excluding carboxylic acids is 1. The van der Waals surface area contributed by atoms with Gasteiger partial charge in [0, 0.05) is 56.4 Å². The average molecular weight is 467 g/mol. The van der Waals surface area contributed by atoms with Gasteiger partial charge in [0.1, 0.15) is 0 Å². The molecule has 0 radical (unpaired) electrons. The minimum absolute atomic E-state index is 0.182. The molecular weight excluding hydrogens is 432 g/mol. The number of carbonyl (C=O) groups is 1. The largest absolute Gasteiger partial charge is 0.361 e. The Morgan fingerprint density at radius 2 is 1.66 bits per heavy atom. The highest BCUT2D eigenvalue weighted by molar-refractivity contribution is 5.83. The van der Waals surface area contributed by atoms with E-state index >= 15 is 0 Å². The molecule has 1 aliphatic heterocycles. The molecule has 1 saturated heterocycles. The summed E-state index contributed by atoms with van der Waals surface area (Å²) >= 11 is 0. The molecule has 4 aromatic rings. The first-order valence-corrected chi connectivity index (χ1v) is 12.5. The molecular formula is C30H34N4O. The number of likely N-dealkylation sites (N-methyl/N-ethyl adjacent to an activating group) is 1. The SMILES string of the molecule is CN(Cc1ccccc1)C(=O)[C@@H](Cc1ccccc1)N1CCNC(Cc2c[nH]c3ccccc23)C1. The molecule has 5 heteroatoms. The van der Waals surface area contributed by atoms with Crippen LogP contribution in [0.5, 0.6) is 0 Å². The second-order valence-corrected chi connectivity index (χ2v) is 9.60.